The van der Waals surface area contributed by atoms with Crippen LogP contribution in [0.1, 0.15) is 48.9 Å². The number of anilines is 1. The summed E-state index contributed by atoms with van der Waals surface area (Å²) in [5, 5.41) is 0. The van der Waals surface area contributed by atoms with Crippen LogP contribution in [0.3, 0.4) is 0 Å². The first-order valence-electron chi connectivity index (χ1n) is 11.2. The number of rotatable bonds is 7. The van der Waals surface area contributed by atoms with Gasteiger partial charge in [-0.3, -0.25) is 14.4 Å². The standard InChI is InChI=1S/C26H27IN2O4/c1-33-22-9-5-8-19(16-22)25(31)28(15-14-18-6-3-2-4-7-18)23-17-24(30)29(26(23)32)21-12-10-20(27)11-13-21/h5-6,8-13,16,23H,2-4,7,14-15,17H2,1H3. The lowest BCUT2D eigenvalue weighted by Crippen LogP contribution is -2.46. The van der Waals surface area contributed by atoms with Gasteiger partial charge in [-0.1, -0.05) is 17.7 Å². The van der Waals surface area contributed by atoms with E-state index in [-0.39, 0.29) is 24.1 Å². The third kappa shape index (κ3) is 5.29. The molecule has 0 spiro atoms. The third-order valence-electron chi connectivity index (χ3n) is 6.22. The predicted molar refractivity (Wildman–Crippen MR) is 135 cm³/mol. The summed E-state index contributed by atoms with van der Waals surface area (Å²) >= 11 is 2.18. The van der Waals surface area contributed by atoms with Crippen molar-refractivity contribution in [3.63, 3.8) is 0 Å². The Bertz CT molecular complexity index is 1080. The topological polar surface area (TPSA) is 66.9 Å². The number of carbonyl (C=O) groups excluding carboxylic acids is 3. The highest BCUT2D eigenvalue weighted by molar-refractivity contribution is 14.1. The minimum atomic E-state index is -0.820. The number of nitrogens with zero attached hydrogens (tertiary/aromatic N) is 2. The number of benzene rings is 2. The molecule has 1 fully saturated rings. The Morgan fingerprint density at radius 2 is 1.94 bits per heavy atom. The fraction of sp³-hybridized carbons (Fsp3) is 0.346. The molecule has 0 bridgehead atoms. The summed E-state index contributed by atoms with van der Waals surface area (Å²) < 4.78 is 6.29. The van der Waals surface area contributed by atoms with Crippen molar-refractivity contribution in [2.24, 2.45) is 0 Å². The summed E-state index contributed by atoms with van der Waals surface area (Å²) in [5.74, 6) is -0.326. The van der Waals surface area contributed by atoms with E-state index < -0.39 is 6.04 Å². The molecule has 3 amide bonds. The Morgan fingerprint density at radius 3 is 2.64 bits per heavy atom. The van der Waals surface area contributed by atoms with E-state index in [4.69, 9.17) is 4.74 Å². The van der Waals surface area contributed by atoms with Gasteiger partial charge in [0.25, 0.3) is 11.8 Å². The maximum absolute atomic E-state index is 13.6. The molecule has 4 rings (SSSR count). The van der Waals surface area contributed by atoms with Crippen LogP contribution in [0.5, 0.6) is 5.75 Å². The van der Waals surface area contributed by atoms with E-state index >= 15 is 0 Å². The maximum atomic E-state index is 13.6. The lowest BCUT2D eigenvalue weighted by atomic mass is 9.96. The van der Waals surface area contributed by atoms with Gasteiger partial charge in [0, 0.05) is 15.7 Å². The first kappa shape index (κ1) is 23.5. The number of hydrogen-bond donors (Lipinski definition) is 0. The van der Waals surface area contributed by atoms with Crippen LogP contribution in [0, 0.1) is 3.57 Å². The number of ether oxygens (including phenoxy) is 1. The number of hydrogen-bond acceptors (Lipinski definition) is 4. The molecule has 6 nitrogen and oxygen atoms in total. The number of halogens is 1. The summed E-state index contributed by atoms with van der Waals surface area (Å²) in [7, 11) is 1.55. The highest BCUT2D eigenvalue weighted by atomic mass is 127. The molecule has 0 N–H and O–H groups in total. The van der Waals surface area contributed by atoms with Gasteiger partial charge in [-0.05, 0) is 97.2 Å². The first-order valence-corrected chi connectivity index (χ1v) is 12.3. The molecular formula is C26H27IN2O4. The van der Waals surface area contributed by atoms with Crippen molar-refractivity contribution in [3.05, 3.63) is 69.3 Å². The van der Waals surface area contributed by atoms with Gasteiger partial charge in [0.15, 0.2) is 0 Å². The molecule has 0 aromatic heterocycles. The van der Waals surface area contributed by atoms with Crippen molar-refractivity contribution in [1.29, 1.82) is 0 Å². The van der Waals surface area contributed by atoms with Gasteiger partial charge >= 0.3 is 0 Å². The van der Waals surface area contributed by atoms with Crippen LogP contribution in [0.15, 0.2) is 60.2 Å². The van der Waals surface area contributed by atoms with Crippen LogP contribution >= 0.6 is 22.6 Å². The average molecular weight is 558 g/mol. The van der Waals surface area contributed by atoms with Crippen molar-refractivity contribution in [1.82, 2.24) is 4.90 Å². The van der Waals surface area contributed by atoms with Crippen LogP contribution < -0.4 is 9.64 Å². The number of imide groups is 1. The highest BCUT2D eigenvalue weighted by Crippen LogP contribution is 2.29. The Labute approximate surface area is 207 Å². The molecule has 0 saturated carbocycles. The van der Waals surface area contributed by atoms with E-state index in [2.05, 4.69) is 28.7 Å². The van der Waals surface area contributed by atoms with Crippen molar-refractivity contribution >= 4 is 46.0 Å². The second-order valence-electron chi connectivity index (χ2n) is 8.35. The minimum absolute atomic E-state index is 0.0143. The number of methoxy groups -OCH3 is 1. The smallest absolute Gasteiger partial charge is 0.257 e. The molecule has 1 unspecified atom stereocenters. The summed E-state index contributed by atoms with van der Waals surface area (Å²) in [6.07, 6.45) is 7.36. The molecule has 2 aliphatic rings. The molecule has 7 heteroatoms. The highest BCUT2D eigenvalue weighted by Gasteiger charge is 2.44. The van der Waals surface area contributed by atoms with E-state index in [9.17, 15) is 14.4 Å². The zero-order chi connectivity index (χ0) is 23.4. The normalized spacial score (nSPS) is 18.3. The van der Waals surface area contributed by atoms with Crippen molar-refractivity contribution < 1.29 is 19.1 Å². The zero-order valence-corrected chi connectivity index (χ0v) is 20.8. The fourth-order valence-electron chi connectivity index (χ4n) is 4.44. The van der Waals surface area contributed by atoms with Gasteiger partial charge in [0.2, 0.25) is 5.91 Å². The van der Waals surface area contributed by atoms with Crippen LogP contribution in [-0.4, -0.2) is 42.3 Å². The third-order valence-corrected chi connectivity index (χ3v) is 6.94. The average Bonchev–Trinajstić information content (AvgIpc) is 3.14. The van der Waals surface area contributed by atoms with Gasteiger partial charge < -0.3 is 9.64 Å². The number of amides is 3. The molecule has 2 aromatic rings. The molecule has 2 aromatic carbocycles. The predicted octanol–water partition coefficient (Wildman–Crippen LogP) is 4.96. The summed E-state index contributed by atoms with van der Waals surface area (Å²) in [5.41, 5.74) is 2.30. The molecular weight excluding hydrogens is 531 g/mol. The second kappa shape index (κ2) is 10.5. The molecule has 1 heterocycles. The molecule has 1 atom stereocenters. The molecule has 1 saturated heterocycles. The quantitative estimate of drug-likeness (QED) is 0.274. The second-order valence-corrected chi connectivity index (χ2v) is 9.60. The molecule has 1 aliphatic carbocycles. The SMILES string of the molecule is COc1cccc(C(=O)N(CCC2=CCCCC2)C2CC(=O)N(c3ccc(I)cc3)C2=O)c1. The number of allylic oxidation sites excluding steroid dienone is 1. The first-order chi connectivity index (χ1) is 16.0. The Morgan fingerprint density at radius 1 is 1.15 bits per heavy atom. The van der Waals surface area contributed by atoms with Crippen LogP contribution in [0.4, 0.5) is 5.69 Å². The van der Waals surface area contributed by atoms with Gasteiger partial charge in [0.05, 0.1) is 19.2 Å². The van der Waals surface area contributed by atoms with Gasteiger partial charge in [-0.25, -0.2) is 4.90 Å². The van der Waals surface area contributed by atoms with Crippen molar-refractivity contribution in [2.45, 2.75) is 44.6 Å². The molecule has 0 radical (unpaired) electrons. The van der Waals surface area contributed by atoms with E-state index in [0.717, 1.165) is 22.8 Å². The summed E-state index contributed by atoms with van der Waals surface area (Å²) in [4.78, 5) is 42.7. The van der Waals surface area contributed by atoms with Crippen molar-refractivity contribution in [3.8, 4) is 5.75 Å². The van der Waals surface area contributed by atoms with Crippen LogP contribution in [0.2, 0.25) is 0 Å². The fourth-order valence-corrected chi connectivity index (χ4v) is 4.80. The van der Waals surface area contributed by atoms with Crippen LogP contribution in [-0.2, 0) is 9.59 Å². The molecule has 33 heavy (non-hydrogen) atoms. The van der Waals surface area contributed by atoms with E-state index in [1.54, 1.807) is 48.4 Å². The Kier molecular flexibility index (Phi) is 7.47. The van der Waals surface area contributed by atoms with Gasteiger partial charge in [-0.2, -0.15) is 0 Å². The molecule has 172 valence electrons. The molecule has 1 aliphatic heterocycles. The van der Waals surface area contributed by atoms with E-state index in [1.165, 1.54) is 16.9 Å². The van der Waals surface area contributed by atoms with Gasteiger partial charge in [0.1, 0.15) is 11.8 Å². The minimum Gasteiger partial charge on any atom is -0.497 e. The van der Waals surface area contributed by atoms with Gasteiger partial charge in [-0.15, -0.1) is 0 Å². The van der Waals surface area contributed by atoms with Crippen LogP contribution in [0.25, 0.3) is 0 Å². The number of carbonyl (C=O) groups is 3. The Balaban J connectivity index is 1.62. The largest absolute Gasteiger partial charge is 0.497 e. The summed E-state index contributed by atoms with van der Waals surface area (Å²) in [6, 6.07) is 13.4. The van der Waals surface area contributed by atoms with E-state index in [1.807, 2.05) is 12.1 Å². The zero-order valence-electron chi connectivity index (χ0n) is 18.6. The Hall–Kier alpha value is -2.68. The lowest BCUT2D eigenvalue weighted by Gasteiger charge is -2.29. The maximum Gasteiger partial charge on any atom is 0.257 e. The van der Waals surface area contributed by atoms with E-state index in [0.29, 0.717) is 30.0 Å². The monoisotopic (exact) mass is 558 g/mol. The van der Waals surface area contributed by atoms with Crippen molar-refractivity contribution in [2.75, 3.05) is 18.6 Å². The summed E-state index contributed by atoms with van der Waals surface area (Å²) in [6.45, 7) is 0.395. The lowest BCUT2D eigenvalue weighted by molar-refractivity contribution is -0.122.